The minimum absolute atomic E-state index is 0.371. The topological polar surface area (TPSA) is 73.1 Å². The predicted octanol–water partition coefficient (Wildman–Crippen LogP) is 1.58. The second kappa shape index (κ2) is 5.10. The number of nitrogens with zero attached hydrogens (tertiary/aromatic N) is 1. The van der Waals surface area contributed by atoms with E-state index in [0.29, 0.717) is 5.56 Å². The summed E-state index contributed by atoms with van der Waals surface area (Å²) < 4.78 is 11.3. The van der Waals surface area contributed by atoms with Crippen LogP contribution in [0, 0.1) is 0 Å². The van der Waals surface area contributed by atoms with Crippen LogP contribution in [0.25, 0.3) is 11.1 Å². The number of rotatable bonds is 3. The number of nitrogens with two attached hydrogens (primary N) is 1. The Labute approximate surface area is 107 Å². The molecule has 0 saturated heterocycles. The van der Waals surface area contributed by atoms with E-state index < -0.39 is 16.7 Å². The Morgan fingerprint density at radius 2 is 1.83 bits per heavy atom. The molecule has 0 aliphatic rings. The minimum atomic E-state index is -0.995. The third-order valence-electron chi connectivity index (χ3n) is 2.54. The molecule has 0 spiro atoms. The van der Waals surface area contributed by atoms with Crippen molar-refractivity contribution >= 4 is 16.7 Å². The van der Waals surface area contributed by atoms with Gasteiger partial charge in [-0.25, -0.2) is 0 Å². The van der Waals surface area contributed by atoms with Crippen LogP contribution in [-0.2, 0) is 10.8 Å². The van der Waals surface area contributed by atoms with Gasteiger partial charge in [0.2, 0.25) is 5.91 Å². The summed E-state index contributed by atoms with van der Waals surface area (Å²) in [5.41, 5.74) is 7.28. The maximum atomic E-state index is 11.3. The Kier molecular flexibility index (Phi) is 3.53. The molecule has 1 aromatic carbocycles. The number of hydrogen-bond donors (Lipinski definition) is 1. The van der Waals surface area contributed by atoms with E-state index in [1.165, 1.54) is 6.20 Å². The van der Waals surface area contributed by atoms with Crippen LogP contribution in [0.15, 0.2) is 47.6 Å². The Morgan fingerprint density at radius 3 is 2.39 bits per heavy atom. The van der Waals surface area contributed by atoms with E-state index in [1.54, 1.807) is 30.7 Å². The number of aromatic nitrogens is 1. The van der Waals surface area contributed by atoms with Crippen molar-refractivity contribution < 1.29 is 9.00 Å². The van der Waals surface area contributed by atoms with Crippen molar-refractivity contribution in [3.63, 3.8) is 0 Å². The average Bonchev–Trinajstić information content (AvgIpc) is 2.39. The first-order valence-corrected chi connectivity index (χ1v) is 6.82. The van der Waals surface area contributed by atoms with Crippen molar-refractivity contribution in [3.8, 4) is 11.1 Å². The van der Waals surface area contributed by atoms with Crippen molar-refractivity contribution in [1.29, 1.82) is 0 Å². The van der Waals surface area contributed by atoms with Crippen molar-refractivity contribution in [1.82, 2.24) is 4.98 Å². The molecule has 2 aromatic rings. The molecule has 0 aliphatic carbocycles. The SMILES string of the molecule is CS(=O)c1ccc(-c2cncc(C(N)=O)c2)cc1. The molecular weight excluding hydrogens is 248 g/mol. The van der Waals surface area contributed by atoms with Gasteiger partial charge in [-0.05, 0) is 23.8 Å². The summed E-state index contributed by atoms with van der Waals surface area (Å²) in [6.07, 6.45) is 4.72. The molecule has 1 unspecified atom stereocenters. The highest BCUT2D eigenvalue weighted by Crippen LogP contribution is 2.20. The highest BCUT2D eigenvalue weighted by atomic mass is 32.2. The Bertz CT molecular complexity index is 609. The molecule has 0 radical (unpaired) electrons. The summed E-state index contributed by atoms with van der Waals surface area (Å²) in [7, 11) is -0.995. The van der Waals surface area contributed by atoms with Crippen LogP contribution in [0.3, 0.4) is 0 Å². The molecule has 0 saturated carbocycles. The lowest BCUT2D eigenvalue weighted by Gasteiger charge is -2.03. The van der Waals surface area contributed by atoms with Gasteiger partial charge in [-0.15, -0.1) is 0 Å². The van der Waals surface area contributed by atoms with Crippen LogP contribution in [-0.4, -0.2) is 21.4 Å². The fourth-order valence-corrected chi connectivity index (χ4v) is 2.09. The summed E-state index contributed by atoms with van der Waals surface area (Å²) in [5, 5.41) is 0. The minimum Gasteiger partial charge on any atom is -0.366 e. The summed E-state index contributed by atoms with van der Waals surface area (Å²) in [4.78, 5) is 15.8. The van der Waals surface area contributed by atoms with Crippen molar-refractivity contribution in [2.75, 3.05) is 6.26 Å². The van der Waals surface area contributed by atoms with Crippen molar-refractivity contribution in [3.05, 3.63) is 48.3 Å². The second-order valence-electron chi connectivity index (χ2n) is 3.81. The quantitative estimate of drug-likeness (QED) is 0.910. The maximum absolute atomic E-state index is 11.3. The first-order valence-electron chi connectivity index (χ1n) is 5.26. The van der Waals surface area contributed by atoms with Crippen LogP contribution >= 0.6 is 0 Å². The molecule has 92 valence electrons. The molecule has 2 N–H and O–H groups in total. The predicted molar refractivity (Wildman–Crippen MR) is 70.5 cm³/mol. The molecule has 1 atom stereocenters. The highest BCUT2D eigenvalue weighted by molar-refractivity contribution is 7.84. The monoisotopic (exact) mass is 260 g/mol. The smallest absolute Gasteiger partial charge is 0.250 e. The fourth-order valence-electron chi connectivity index (χ4n) is 1.57. The third-order valence-corrected chi connectivity index (χ3v) is 3.48. The second-order valence-corrected chi connectivity index (χ2v) is 5.18. The molecule has 1 aromatic heterocycles. The van der Waals surface area contributed by atoms with Crippen LogP contribution in [0.2, 0.25) is 0 Å². The molecule has 0 aliphatic heterocycles. The fraction of sp³-hybridized carbons (Fsp3) is 0.0769. The van der Waals surface area contributed by atoms with Gasteiger partial charge >= 0.3 is 0 Å². The van der Waals surface area contributed by atoms with E-state index in [-0.39, 0.29) is 0 Å². The zero-order chi connectivity index (χ0) is 13.1. The van der Waals surface area contributed by atoms with Gasteiger partial charge in [0.1, 0.15) is 0 Å². The summed E-state index contributed by atoms with van der Waals surface area (Å²) in [5.74, 6) is -0.504. The van der Waals surface area contributed by atoms with Gasteiger partial charge in [0.05, 0.1) is 5.56 Å². The van der Waals surface area contributed by atoms with E-state index >= 15 is 0 Å². The van der Waals surface area contributed by atoms with Gasteiger partial charge in [-0.1, -0.05) is 12.1 Å². The zero-order valence-electron chi connectivity index (χ0n) is 9.79. The van der Waals surface area contributed by atoms with E-state index in [2.05, 4.69) is 4.98 Å². The van der Waals surface area contributed by atoms with Gasteiger partial charge in [-0.2, -0.15) is 0 Å². The highest BCUT2D eigenvalue weighted by Gasteiger charge is 2.05. The van der Waals surface area contributed by atoms with Crippen LogP contribution in [0.5, 0.6) is 0 Å². The summed E-state index contributed by atoms with van der Waals surface area (Å²) >= 11 is 0. The molecular formula is C13H12N2O2S. The number of benzene rings is 1. The number of carbonyl (C=O) groups is 1. The van der Waals surface area contributed by atoms with Gasteiger partial charge in [0.15, 0.2) is 0 Å². The molecule has 0 fully saturated rings. The first-order chi connectivity index (χ1) is 8.58. The van der Waals surface area contributed by atoms with E-state index in [0.717, 1.165) is 16.0 Å². The molecule has 0 bridgehead atoms. The lowest BCUT2D eigenvalue weighted by Crippen LogP contribution is -2.11. The maximum Gasteiger partial charge on any atom is 0.250 e. The Morgan fingerprint density at radius 1 is 1.17 bits per heavy atom. The lowest BCUT2D eigenvalue weighted by atomic mass is 10.1. The molecule has 1 amide bonds. The molecule has 5 heteroatoms. The standard InChI is InChI=1S/C13H12N2O2S/c1-18(17)12-4-2-9(3-5-12)10-6-11(13(14)16)8-15-7-10/h2-8H,1H3,(H2,14,16). The number of carbonyl (C=O) groups excluding carboxylic acids is 1. The third kappa shape index (κ3) is 2.62. The van der Waals surface area contributed by atoms with Gasteiger partial charge < -0.3 is 5.73 Å². The average molecular weight is 260 g/mol. The van der Waals surface area contributed by atoms with Crippen molar-refractivity contribution in [2.45, 2.75) is 4.90 Å². The van der Waals surface area contributed by atoms with Gasteiger partial charge in [0.25, 0.3) is 0 Å². The summed E-state index contributed by atoms with van der Waals surface area (Å²) in [6, 6.07) is 8.97. The molecule has 18 heavy (non-hydrogen) atoms. The Hall–Kier alpha value is -2.01. The Balaban J connectivity index is 2.39. The molecule has 1 heterocycles. The zero-order valence-corrected chi connectivity index (χ0v) is 10.6. The van der Waals surface area contributed by atoms with E-state index in [9.17, 15) is 9.00 Å². The van der Waals surface area contributed by atoms with Gasteiger partial charge in [-0.3, -0.25) is 14.0 Å². The number of primary amides is 1. The van der Waals surface area contributed by atoms with E-state index in [4.69, 9.17) is 5.73 Å². The van der Waals surface area contributed by atoms with E-state index in [1.807, 2.05) is 12.1 Å². The van der Waals surface area contributed by atoms with Crippen molar-refractivity contribution in [2.24, 2.45) is 5.73 Å². The van der Waals surface area contributed by atoms with Crippen LogP contribution < -0.4 is 5.73 Å². The molecule has 2 rings (SSSR count). The first kappa shape index (κ1) is 12.4. The normalized spacial score (nSPS) is 12.1. The number of amides is 1. The lowest BCUT2D eigenvalue weighted by molar-refractivity contribution is 0.1000. The van der Waals surface area contributed by atoms with Gasteiger partial charge in [0, 0.05) is 39.9 Å². The molecule has 4 nitrogen and oxygen atoms in total. The number of hydrogen-bond acceptors (Lipinski definition) is 3. The van der Waals surface area contributed by atoms with Crippen LogP contribution in [0.1, 0.15) is 10.4 Å². The summed E-state index contributed by atoms with van der Waals surface area (Å²) in [6.45, 7) is 0. The largest absolute Gasteiger partial charge is 0.366 e. The number of pyridine rings is 1. The van der Waals surface area contributed by atoms with Crippen LogP contribution in [0.4, 0.5) is 0 Å².